The number of carbonyl (C=O) groups excluding carboxylic acids is 1. The van der Waals surface area contributed by atoms with Crippen LogP contribution in [-0.2, 0) is 0 Å². The van der Waals surface area contributed by atoms with Crippen molar-refractivity contribution < 1.29 is 9.72 Å². The number of carbonyl (C=O) groups is 1. The average Bonchev–Trinajstić information content (AvgIpc) is 2.15. The molecule has 1 N–H and O–H groups in total. The van der Waals surface area contributed by atoms with E-state index in [1.54, 1.807) is 6.92 Å². The molecular weight excluding hydrogens is 208 g/mol. The molecule has 86 valence electrons. The molecule has 0 unspecified atom stereocenters. The van der Waals surface area contributed by atoms with Crippen molar-refractivity contribution in [3.05, 3.63) is 39.4 Å². The number of nitro benzene ring substituents is 1. The summed E-state index contributed by atoms with van der Waals surface area (Å²) in [5, 5.41) is 13.3. The van der Waals surface area contributed by atoms with Crippen LogP contribution < -0.4 is 5.32 Å². The van der Waals surface area contributed by atoms with E-state index in [4.69, 9.17) is 0 Å². The normalized spacial score (nSPS) is 10.2. The van der Waals surface area contributed by atoms with Crippen LogP contribution in [0.15, 0.2) is 18.2 Å². The zero-order valence-corrected chi connectivity index (χ0v) is 9.48. The summed E-state index contributed by atoms with van der Waals surface area (Å²) in [4.78, 5) is 21.7. The van der Waals surface area contributed by atoms with Crippen molar-refractivity contribution in [3.63, 3.8) is 0 Å². The lowest BCUT2D eigenvalue weighted by molar-refractivity contribution is -0.385. The van der Waals surface area contributed by atoms with Crippen LogP contribution in [0.1, 0.15) is 29.8 Å². The van der Waals surface area contributed by atoms with Gasteiger partial charge in [0.1, 0.15) is 0 Å². The molecule has 0 radical (unpaired) electrons. The third kappa shape index (κ3) is 2.79. The maximum absolute atomic E-state index is 11.6. The van der Waals surface area contributed by atoms with Gasteiger partial charge in [0.15, 0.2) is 0 Å². The van der Waals surface area contributed by atoms with Crippen LogP contribution in [0.25, 0.3) is 0 Å². The number of aryl methyl sites for hydroxylation is 1. The summed E-state index contributed by atoms with van der Waals surface area (Å²) in [6.07, 6.45) is 0. The Morgan fingerprint density at radius 2 is 2.06 bits per heavy atom. The quantitative estimate of drug-likeness (QED) is 0.628. The van der Waals surface area contributed by atoms with Crippen molar-refractivity contribution in [3.8, 4) is 0 Å². The smallest absolute Gasteiger partial charge is 0.272 e. The van der Waals surface area contributed by atoms with Gasteiger partial charge in [-0.2, -0.15) is 0 Å². The van der Waals surface area contributed by atoms with Crippen molar-refractivity contribution in [1.82, 2.24) is 5.32 Å². The van der Waals surface area contributed by atoms with Crippen LogP contribution in [-0.4, -0.2) is 16.9 Å². The fourth-order valence-electron chi connectivity index (χ4n) is 1.35. The molecule has 0 saturated heterocycles. The highest BCUT2D eigenvalue weighted by Gasteiger charge is 2.13. The molecule has 0 aliphatic carbocycles. The van der Waals surface area contributed by atoms with Gasteiger partial charge in [0.2, 0.25) is 0 Å². The van der Waals surface area contributed by atoms with Gasteiger partial charge in [0, 0.05) is 23.2 Å². The molecule has 5 heteroatoms. The number of hydrogen-bond donors (Lipinski definition) is 1. The van der Waals surface area contributed by atoms with Gasteiger partial charge in [-0.1, -0.05) is 0 Å². The van der Waals surface area contributed by atoms with Crippen molar-refractivity contribution in [1.29, 1.82) is 0 Å². The van der Waals surface area contributed by atoms with Crippen LogP contribution in [0.5, 0.6) is 0 Å². The van der Waals surface area contributed by atoms with Crippen LogP contribution in [0, 0.1) is 17.0 Å². The Bertz CT molecular complexity index is 427. The second-order valence-corrected chi connectivity index (χ2v) is 3.89. The molecular formula is C11H14N2O3. The van der Waals surface area contributed by atoms with E-state index < -0.39 is 4.92 Å². The molecule has 0 aliphatic rings. The molecule has 0 bridgehead atoms. The number of hydrogen-bond acceptors (Lipinski definition) is 3. The third-order valence-electron chi connectivity index (χ3n) is 2.08. The lowest BCUT2D eigenvalue weighted by atomic mass is 10.1. The summed E-state index contributed by atoms with van der Waals surface area (Å²) in [6.45, 7) is 5.33. The number of amides is 1. The minimum atomic E-state index is -0.459. The average molecular weight is 222 g/mol. The van der Waals surface area contributed by atoms with Crippen LogP contribution in [0.4, 0.5) is 5.69 Å². The lowest BCUT2D eigenvalue weighted by Crippen LogP contribution is -2.30. The Morgan fingerprint density at radius 1 is 1.44 bits per heavy atom. The van der Waals surface area contributed by atoms with Gasteiger partial charge in [-0.25, -0.2) is 0 Å². The first kappa shape index (κ1) is 12.2. The largest absolute Gasteiger partial charge is 0.350 e. The minimum absolute atomic E-state index is 0.0288. The molecule has 5 nitrogen and oxygen atoms in total. The first-order valence-corrected chi connectivity index (χ1v) is 4.97. The highest BCUT2D eigenvalue weighted by molar-refractivity contribution is 5.94. The van der Waals surface area contributed by atoms with Crippen LogP contribution in [0.2, 0.25) is 0 Å². The molecule has 0 heterocycles. The van der Waals surface area contributed by atoms with Crippen LogP contribution >= 0.6 is 0 Å². The summed E-state index contributed by atoms with van der Waals surface area (Å²) in [5.74, 6) is -0.215. The predicted molar refractivity (Wildman–Crippen MR) is 60.4 cm³/mol. The molecule has 1 aromatic carbocycles. The van der Waals surface area contributed by atoms with Gasteiger partial charge in [-0.3, -0.25) is 14.9 Å². The number of nitrogens with one attached hydrogen (secondary N) is 1. The zero-order valence-electron chi connectivity index (χ0n) is 9.48. The molecule has 1 amide bonds. The van der Waals surface area contributed by atoms with Gasteiger partial charge in [-0.05, 0) is 32.9 Å². The summed E-state index contributed by atoms with van der Waals surface area (Å²) in [5.41, 5.74) is 0.958. The Balaban J connectivity index is 2.97. The van der Waals surface area contributed by atoms with Gasteiger partial charge < -0.3 is 5.32 Å². The highest BCUT2D eigenvalue weighted by Crippen LogP contribution is 2.18. The maximum atomic E-state index is 11.6. The Kier molecular flexibility index (Phi) is 3.60. The standard InChI is InChI=1S/C11H14N2O3/c1-7(2)12-11(14)9-4-5-10(13(15)16)8(3)6-9/h4-7H,1-3H3,(H,12,14). The molecule has 1 rings (SSSR count). The van der Waals surface area contributed by atoms with Gasteiger partial charge in [0.05, 0.1) is 4.92 Å². The monoisotopic (exact) mass is 222 g/mol. The first-order chi connectivity index (χ1) is 7.41. The highest BCUT2D eigenvalue weighted by atomic mass is 16.6. The minimum Gasteiger partial charge on any atom is -0.350 e. The van der Waals surface area contributed by atoms with E-state index in [1.165, 1.54) is 18.2 Å². The third-order valence-corrected chi connectivity index (χ3v) is 2.08. The molecule has 0 saturated carbocycles. The first-order valence-electron chi connectivity index (χ1n) is 4.97. The molecule has 0 spiro atoms. The Morgan fingerprint density at radius 3 is 2.50 bits per heavy atom. The summed E-state index contributed by atoms with van der Waals surface area (Å²) in [7, 11) is 0. The van der Waals surface area contributed by atoms with Crippen molar-refractivity contribution in [2.45, 2.75) is 26.8 Å². The van der Waals surface area contributed by atoms with Crippen molar-refractivity contribution >= 4 is 11.6 Å². The van der Waals surface area contributed by atoms with E-state index in [0.717, 1.165) is 0 Å². The van der Waals surface area contributed by atoms with E-state index >= 15 is 0 Å². The lowest BCUT2D eigenvalue weighted by Gasteiger charge is -2.08. The molecule has 0 aromatic heterocycles. The van der Waals surface area contributed by atoms with E-state index in [1.807, 2.05) is 13.8 Å². The zero-order chi connectivity index (χ0) is 12.3. The van der Waals surface area contributed by atoms with E-state index in [9.17, 15) is 14.9 Å². The molecule has 0 atom stereocenters. The SMILES string of the molecule is Cc1cc(C(=O)NC(C)C)ccc1[N+](=O)[O-]. The number of benzene rings is 1. The molecule has 1 aromatic rings. The summed E-state index contributed by atoms with van der Waals surface area (Å²) >= 11 is 0. The molecule has 0 aliphatic heterocycles. The number of nitrogens with zero attached hydrogens (tertiary/aromatic N) is 1. The summed E-state index contributed by atoms with van der Waals surface area (Å²) in [6, 6.07) is 4.38. The maximum Gasteiger partial charge on any atom is 0.272 e. The predicted octanol–water partition coefficient (Wildman–Crippen LogP) is 2.04. The molecule has 0 fully saturated rings. The topological polar surface area (TPSA) is 72.2 Å². The Hall–Kier alpha value is -1.91. The second-order valence-electron chi connectivity index (χ2n) is 3.89. The van der Waals surface area contributed by atoms with Crippen molar-refractivity contribution in [2.75, 3.05) is 0 Å². The fourth-order valence-corrected chi connectivity index (χ4v) is 1.35. The van der Waals surface area contributed by atoms with Gasteiger partial charge in [0.25, 0.3) is 11.6 Å². The number of nitro groups is 1. The second kappa shape index (κ2) is 4.74. The van der Waals surface area contributed by atoms with Crippen LogP contribution in [0.3, 0.4) is 0 Å². The fraction of sp³-hybridized carbons (Fsp3) is 0.364. The van der Waals surface area contributed by atoms with Crippen molar-refractivity contribution in [2.24, 2.45) is 0 Å². The summed E-state index contributed by atoms with van der Waals surface area (Å²) < 4.78 is 0. The van der Waals surface area contributed by atoms with Gasteiger partial charge >= 0.3 is 0 Å². The number of rotatable bonds is 3. The van der Waals surface area contributed by atoms with E-state index in [-0.39, 0.29) is 17.6 Å². The molecule has 16 heavy (non-hydrogen) atoms. The van der Waals surface area contributed by atoms with E-state index in [0.29, 0.717) is 11.1 Å². The van der Waals surface area contributed by atoms with Gasteiger partial charge in [-0.15, -0.1) is 0 Å². The van der Waals surface area contributed by atoms with E-state index in [2.05, 4.69) is 5.32 Å². The Labute approximate surface area is 93.6 Å².